The van der Waals surface area contributed by atoms with Gasteiger partial charge in [0.15, 0.2) is 17.5 Å². The molecule has 64 heavy (non-hydrogen) atoms. The fraction of sp³-hybridized carbons (Fsp3) is 0.0862. The molecule has 13 rings (SSSR count). The molecule has 5 nitrogen and oxygen atoms in total. The van der Waals surface area contributed by atoms with Gasteiger partial charge in [0.1, 0.15) is 11.9 Å². The molecular weight excluding hydrogens is 801 g/mol. The van der Waals surface area contributed by atoms with E-state index >= 15 is 0 Å². The first-order valence-corrected chi connectivity index (χ1v) is 22.8. The maximum Gasteiger partial charge on any atom is 0.165 e. The highest BCUT2D eigenvalue weighted by molar-refractivity contribution is 7.26. The Labute approximate surface area is 374 Å². The van der Waals surface area contributed by atoms with Crippen LogP contribution in [0.25, 0.3) is 89.4 Å². The number of hydrogen-bond acceptors (Lipinski definition) is 5. The summed E-state index contributed by atoms with van der Waals surface area (Å²) >= 11 is 1.80. The number of benzene rings is 7. The smallest absolute Gasteiger partial charge is 0.165 e. The maximum absolute atomic E-state index is 6.80. The molecule has 0 radical (unpaired) electrons. The Morgan fingerprint density at radius 3 is 2.02 bits per heavy atom. The summed E-state index contributed by atoms with van der Waals surface area (Å²) in [7, 11) is 0. The molecule has 0 amide bonds. The fourth-order valence-corrected chi connectivity index (χ4v) is 11.5. The van der Waals surface area contributed by atoms with Gasteiger partial charge in [0.05, 0.1) is 11.0 Å². The van der Waals surface area contributed by atoms with Crippen molar-refractivity contribution in [3.8, 4) is 56.7 Å². The maximum atomic E-state index is 6.80. The van der Waals surface area contributed by atoms with Gasteiger partial charge in [0, 0.05) is 70.7 Å². The van der Waals surface area contributed by atoms with Gasteiger partial charge >= 0.3 is 0 Å². The fourth-order valence-electron chi connectivity index (χ4n) is 10.3. The van der Waals surface area contributed by atoms with Crippen LogP contribution in [0.15, 0.2) is 182 Å². The van der Waals surface area contributed by atoms with Crippen LogP contribution in [0.1, 0.15) is 47.2 Å². The summed E-state index contributed by atoms with van der Waals surface area (Å²) in [5, 5.41) is 4.94. The van der Waals surface area contributed by atoms with E-state index in [9.17, 15) is 0 Å². The van der Waals surface area contributed by atoms with E-state index in [1.165, 1.54) is 48.4 Å². The lowest BCUT2D eigenvalue weighted by molar-refractivity contribution is 0.222. The number of nitrogens with zero attached hydrogens (tertiary/aromatic N) is 4. The van der Waals surface area contributed by atoms with Gasteiger partial charge in [-0.1, -0.05) is 165 Å². The number of aromatic nitrogens is 4. The van der Waals surface area contributed by atoms with E-state index in [-0.39, 0.29) is 23.9 Å². The summed E-state index contributed by atoms with van der Waals surface area (Å²) in [4.78, 5) is 15.5. The van der Waals surface area contributed by atoms with Crippen molar-refractivity contribution in [3.05, 3.63) is 215 Å². The molecule has 0 spiro atoms. The van der Waals surface area contributed by atoms with Crippen LogP contribution < -0.4 is 15.3 Å². The lowest BCUT2D eigenvalue weighted by Gasteiger charge is -2.23. The van der Waals surface area contributed by atoms with Gasteiger partial charge in [-0.25, -0.2) is 15.0 Å². The molecule has 0 fully saturated rings. The number of ether oxygens (including phenoxy) is 1. The van der Waals surface area contributed by atoms with Crippen molar-refractivity contribution < 1.29 is 4.74 Å². The highest BCUT2D eigenvalue weighted by Gasteiger charge is 2.40. The van der Waals surface area contributed by atoms with E-state index in [1.807, 2.05) is 36.4 Å². The van der Waals surface area contributed by atoms with E-state index in [0.29, 0.717) is 17.5 Å². The normalized spacial score (nSPS) is 18.1. The minimum Gasteiger partial charge on any atom is -0.484 e. The van der Waals surface area contributed by atoms with Gasteiger partial charge < -0.3 is 9.30 Å². The molecular formula is C58H40N4OS. The average Bonchev–Trinajstić information content (AvgIpc) is 4.03. The predicted octanol–water partition coefficient (Wildman–Crippen LogP) is 12.9. The number of hydrogen-bond donors (Lipinski definition) is 0. The molecule has 304 valence electrons. The zero-order chi connectivity index (χ0) is 42.3. The summed E-state index contributed by atoms with van der Waals surface area (Å²) in [6.07, 6.45) is 9.62. The molecule has 0 bridgehead atoms. The quantitative estimate of drug-likeness (QED) is 0.167. The molecule has 4 unspecified atom stereocenters. The van der Waals surface area contributed by atoms with Crippen LogP contribution in [0.2, 0.25) is 0 Å². The molecule has 10 aromatic rings. The second kappa shape index (κ2) is 14.7. The SMILES string of the molecule is CC1C=c2c3c(n(-c4ccccc4)c2=CC1c1cccc(-c2cc(-c4nc(-c5ccccc5)nc(-c5ccccc5)n4)c4sc5ccccc5c4c2)c1)C=CC1c2ccccc2OC31. The largest absolute Gasteiger partial charge is 0.484 e. The topological polar surface area (TPSA) is 52.8 Å². The number of fused-ring (bicyclic) bond motifs is 10. The standard InChI is InChI=1S/C58H40N4OS/c1-35-30-47-50(62(41-22-9-4-10-23-41)49-29-28-44-42-24-11-13-26-51(42)63-54(44)53(47)49)34-45(35)39-21-15-20-38(31-39)40-32-46-43-25-12-14-27-52(43)64-55(46)48(33-40)58-60-56(36-16-5-2-6-17-36)59-57(61-58)37-18-7-3-8-19-37/h2-35,44-45,54H,1H3. The lowest BCUT2D eigenvalue weighted by Crippen LogP contribution is -2.36. The third-order valence-electron chi connectivity index (χ3n) is 13.3. The van der Waals surface area contributed by atoms with Crippen molar-refractivity contribution in [3.63, 3.8) is 0 Å². The van der Waals surface area contributed by atoms with E-state index < -0.39 is 0 Å². The third kappa shape index (κ3) is 5.94. The van der Waals surface area contributed by atoms with Crippen molar-refractivity contribution >= 4 is 49.7 Å². The molecule has 1 aliphatic heterocycles. The second-order valence-corrected chi connectivity index (χ2v) is 18.2. The van der Waals surface area contributed by atoms with E-state index in [4.69, 9.17) is 19.7 Å². The Morgan fingerprint density at radius 1 is 0.562 bits per heavy atom. The van der Waals surface area contributed by atoms with Crippen molar-refractivity contribution in [1.82, 2.24) is 19.5 Å². The zero-order valence-electron chi connectivity index (χ0n) is 35.0. The van der Waals surface area contributed by atoms with E-state index in [0.717, 1.165) is 44.0 Å². The van der Waals surface area contributed by atoms with Gasteiger partial charge in [-0.15, -0.1) is 11.3 Å². The molecule has 4 atom stereocenters. The molecule has 0 N–H and O–H groups in total. The van der Waals surface area contributed by atoms with Crippen molar-refractivity contribution in [2.75, 3.05) is 0 Å². The summed E-state index contributed by atoms with van der Waals surface area (Å²) in [5.74, 6) is 3.52. The first kappa shape index (κ1) is 36.9. The number of para-hydroxylation sites is 2. The van der Waals surface area contributed by atoms with E-state index in [2.05, 4.69) is 175 Å². The molecule has 3 aliphatic rings. The molecule has 0 saturated carbocycles. The lowest BCUT2D eigenvalue weighted by atomic mass is 9.81. The summed E-state index contributed by atoms with van der Waals surface area (Å²) < 4.78 is 11.7. The van der Waals surface area contributed by atoms with Gasteiger partial charge in [-0.05, 0) is 65.1 Å². The first-order valence-electron chi connectivity index (χ1n) is 22.0. The monoisotopic (exact) mass is 840 g/mol. The Hall–Kier alpha value is -7.67. The molecule has 0 saturated heterocycles. The second-order valence-electron chi connectivity index (χ2n) is 17.1. The van der Waals surface area contributed by atoms with E-state index in [1.54, 1.807) is 11.3 Å². The summed E-state index contributed by atoms with van der Waals surface area (Å²) in [6.45, 7) is 2.36. The van der Waals surface area contributed by atoms with Crippen LogP contribution in [0.5, 0.6) is 5.75 Å². The summed E-state index contributed by atoms with van der Waals surface area (Å²) in [6, 6.07) is 62.3. The van der Waals surface area contributed by atoms with Gasteiger partial charge in [0.25, 0.3) is 0 Å². The van der Waals surface area contributed by atoms with Gasteiger partial charge in [-0.3, -0.25) is 0 Å². The minimum absolute atomic E-state index is 0.0675. The highest BCUT2D eigenvalue weighted by atomic mass is 32.1. The molecule has 7 aromatic carbocycles. The van der Waals surface area contributed by atoms with Crippen LogP contribution in [0.4, 0.5) is 0 Å². The Morgan fingerprint density at radius 2 is 1.23 bits per heavy atom. The Kier molecular flexibility index (Phi) is 8.50. The van der Waals surface area contributed by atoms with Gasteiger partial charge in [0.2, 0.25) is 0 Å². The molecule has 4 heterocycles. The summed E-state index contributed by atoms with van der Waals surface area (Å²) in [5.41, 5.74) is 11.4. The van der Waals surface area contributed by atoms with Crippen LogP contribution in [-0.4, -0.2) is 19.5 Å². The molecule has 6 heteroatoms. The third-order valence-corrected chi connectivity index (χ3v) is 14.5. The zero-order valence-corrected chi connectivity index (χ0v) is 35.8. The number of rotatable bonds is 6. The molecule has 2 aliphatic carbocycles. The van der Waals surface area contributed by atoms with Crippen LogP contribution in [0.3, 0.4) is 0 Å². The van der Waals surface area contributed by atoms with Crippen LogP contribution in [0, 0.1) is 5.92 Å². The van der Waals surface area contributed by atoms with Gasteiger partial charge in [-0.2, -0.15) is 0 Å². The Bertz CT molecular complexity index is 3570. The average molecular weight is 841 g/mol. The Balaban J connectivity index is 0.975. The first-order chi connectivity index (χ1) is 31.6. The van der Waals surface area contributed by atoms with Crippen molar-refractivity contribution in [2.24, 2.45) is 5.92 Å². The van der Waals surface area contributed by atoms with Crippen molar-refractivity contribution in [1.29, 1.82) is 0 Å². The van der Waals surface area contributed by atoms with Crippen LogP contribution in [-0.2, 0) is 0 Å². The minimum atomic E-state index is -0.0675. The molecule has 3 aromatic heterocycles. The number of thiophene rings is 1. The van der Waals surface area contributed by atoms with Crippen LogP contribution >= 0.6 is 11.3 Å². The van der Waals surface area contributed by atoms with Crippen molar-refractivity contribution in [2.45, 2.75) is 24.9 Å². The highest BCUT2D eigenvalue weighted by Crippen LogP contribution is 2.50. The predicted molar refractivity (Wildman–Crippen MR) is 262 cm³/mol.